The Labute approximate surface area is 128 Å². The minimum atomic E-state index is -4.37. The van der Waals surface area contributed by atoms with Gasteiger partial charge in [-0.1, -0.05) is 13.8 Å². The van der Waals surface area contributed by atoms with E-state index in [1.54, 1.807) is 4.90 Å². The minimum Gasteiger partial charge on any atom is -0.336 e. The second-order valence-corrected chi connectivity index (χ2v) is 6.06. The maximum atomic E-state index is 12.5. The molecule has 1 aliphatic rings. The van der Waals surface area contributed by atoms with Gasteiger partial charge in [-0.25, -0.2) is 0 Å². The summed E-state index contributed by atoms with van der Waals surface area (Å²) in [6, 6.07) is 4.43. The van der Waals surface area contributed by atoms with Crippen molar-refractivity contribution >= 4 is 5.91 Å². The summed E-state index contributed by atoms with van der Waals surface area (Å²) in [4.78, 5) is 16.3. The van der Waals surface area contributed by atoms with Gasteiger partial charge in [0.05, 0.1) is 5.56 Å². The minimum absolute atomic E-state index is 0.196. The Morgan fingerprint density at radius 3 is 2.09 bits per heavy atom. The van der Waals surface area contributed by atoms with Crippen LogP contribution in [0.5, 0.6) is 0 Å². The van der Waals surface area contributed by atoms with Crippen molar-refractivity contribution in [1.29, 1.82) is 0 Å². The fourth-order valence-electron chi connectivity index (χ4n) is 2.63. The molecule has 0 saturated carbocycles. The van der Waals surface area contributed by atoms with Crippen molar-refractivity contribution in [2.24, 2.45) is 5.92 Å². The van der Waals surface area contributed by atoms with E-state index in [9.17, 15) is 18.0 Å². The average Bonchev–Trinajstić information content (AvgIpc) is 2.46. The number of alkyl halides is 3. The molecule has 3 nitrogen and oxygen atoms in total. The molecule has 1 saturated heterocycles. The summed E-state index contributed by atoms with van der Waals surface area (Å²) in [6.07, 6.45) is -4.37. The molecule has 1 heterocycles. The molecule has 2 rings (SSSR count). The molecule has 1 aromatic rings. The fraction of sp³-hybridized carbons (Fsp3) is 0.562. The maximum absolute atomic E-state index is 12.5. The Kier molecular flexibility index (Phi) is 5.11. The third-order valence-electron chi connectivity index (χ3n) is 3.74. The molecule has 0 aliphatic carbocycles. The lowest BCUT2D eigenvalue weighted by Gasteiger charge is -2.35. The maximum Gasteiger partial charge on any atom is 0.416 e. The van der Waals surface area contributed by atoms with E-state index in [1.807, 2.05) is 0 Å². The quantitative estimate of drug-likeness (QED) is 0.856. The number of carbonyl (C=O) groups is 1. The van der Waals surface area contributed by atoms with E-state index in [0.29, 0.717) is 24.6 Å². The van der Waals surface area contributed by atoms with Crippen LogP contribution in [0.2, 0.25) is 0 Å². The predicted octanol–water partition coefficient (Wildman–Crippen LogP) is 3.12. The van der Waals surface area contributed by atoms with Crippen LogP contribution in [0.25, 0.3) is 0 Å². The van der Waals surface area contributed by atoms with Gasteiger partial charge in [0.1, 0.15) is 0 Å². The van der Waals surface area contributed by atoms with Crippen molar-refractivity contribution in [3.8, 4) is 0 Å². The summed E-state index contributed by atoms with van der Waals surface area (Å²) in [5, 5.41) is 0. The van der Waals surface area contributed by atoms with E-state index in [4.69, 9.17) is 0 Å². The van der Waals surface area contributed by atoms with Gasteiger partial charge in [0.15, 0.2) is 0 Å². The van der Waals surface area contributed by atoms with Crippen molar-refractivity contribution in [1.82, 2.24) is 9.80 Å². The number of halogens is 3. The van der Waals surface area contributed by atoms with E-state index in [2.05, 4.69) is 18.7 Å². The largest absolute Gasteiger partial charge is 0.416 e. The second-order valence-electron chi connectivity index (χ2n) is 6.06. The zero-order valence-electron chi connectivity index (χ0n) is 12.9. The molecule has 22 heavy (non-hydrogen) atoms. The SMILES string of the molecule is CC(C)CN1CCN(C(=O)c2ccc(C(F)(F)F)cc2)CC1. The number of hydrogen-bond acceptors (Lipinski definition) is 2. The standard InChI is InChI=1S/C16H21F3N2O/c1-12(2)11-20-7-9-21(10-8-20)15(22)13-3-5-14(6-4-13)16(17,18)19/h3-6,12H,7-11H2,1-2H3. The van der Waals surface area contributed by atoms with Gasteiger partial charge in [0.2, 0.25) is 0 Å². The third kappa shape index (κ3) is 4.22. The molecule has 0 unspecified atom stereocenters. The lowest BCUT2D eigenvalue weighted by molar-refractivity contribution is -0.137. The van der Waals surface area contributed by atoms with Crippen LogP contribution in [0.3, 0.4) is 0 Å². The van der Waals surface area contributed by atoms with Gasteiger partial charge < -0.3 is 4.90 Å². The van der Waals surface area contributed by atoms with E-state index >= 15 is 0 Å². The van der Waals surface area contributed by atoms with Crippen molar-refractivity contribution in [3.05, 3.63) is 35.4 Å². The van der Waals surface area contributed by atoms with Crippen LogP contribution < -0.4 is 0 Å². The Balaban J connectivity index is 1.95. The summed E-state index contributed by atoms with van der Waals surface area (Å²) in [5.74, 6) is 0.384. The molecule has 6 heteroatoms. The first-order chi connectivity index (χ1) is 10.3. The normalized spacial score (nSPS) is 17.1. The third-order valence-corrected chi connectivity index (χ3v) is 3.74. The summed E-state index contributed by atoms with van der Waals surface area (Å²) in [7, 11) is 0. The number of hydrogen-bond donors (Lipinski definition) is 0. The van der Waals surface area contributed by atoms with Crippen LogP contribution in [-0.2, 0) is 6.18 Å². The van der Waals surface area contributed by atoms with Crippen molar-refractivity contribution in [3.63, 3.8) is 0 Å². The van der Waals surface area contributed by atoms with Crippen molar-refractivity contribution in [2.75, 3.05) is 32.7 Å². The van der Waals surface area contributed by atoms with Gasteiger partial charge in [-0.3, -0.25) is 9.69 Å². The number of carbonyl (C=O) groups excluding carboxylic acids is 1. The van der Waals surface area contributed by atoms with Gasteiger partial charge in [-0.05, 0) is 30.2 Å². The van der Waals surface area contributed by atoms with Gasteiger partial charge in [-0.15, -0.1) is 0 Å². The summed E-state index contributed by atoms with van der Waals surface area (Å²) in [5.41, 5.74) is -0.420. The molecule has 1 aliphatic heterocycles. The number of benzene rings is 1. The number of amides is 1. The number of piperazine rings is 1. The molecule has 0 N–H and O–H groups in total. The van der Waals surface area contributed by atoms with Gasteiger partial charge in [0, 0.05) is 38.3 Å². The Morgan fingerprint density at radius 2 is 1.64 bits per heavy atom. The molecule has 0 spiro atoms. The smallest absolute Gasteiger partial charge is 0.336 e. The van der Waals surface area contributed by atoms with Crippen molar-refractivity contribution in [2.45, 2.75) is 20.0 Å². The lowest BCUT2D eigenvalue weighted by Crippen LogP contribution is -2.49. The highest BCUT2D eigenvalue weighted by atomic mass is 19.4. The first kappa shape index (κ1) is 16.8. The highest BCUT2D eigenvalue weighted by molar-refractivity contribution is 5.94. The van der Waals surface area contributed by atoms with E-state index < -0.39 is 11.7 Å². The Morgan fingerprint density at radius 1 is 1.09 bits per heavy atom. The molecule has 0 radical (unpaired) electrons. The van der Waals surface area contributed by atoms with E-state index in [0.717, 1.165) is 31.8 Å². The molecule has 0 aromatic heterocycles. The number of nitrogens with zero attached hydrogens (tertiary/aromatic N) is 2. The monoisotopic (exact) mass is 314 g/mol. The molecule has 1 amide bonds. The fourth-order valence-corrected chi connectivity index (χ4v) is 2.63. The summed E-state index contributed by atoms with van der Waals surface area (Å²) >= 11 is 0. The molecule has 1 aromatic carbocycles. The highest BCUT2D eigenvalue weighted by Gasteiger charge is 2.30. The van der Waals surface area contributed by atoms with E-state index in [1.165, 1.54) is 12.1 Å². The molecule has 0 atom stereocenters. The topological polar surface area (TPSA) is 23.6 Å². The summed E-state index contributed by atoms with van der Waals surface area (Å²) < 4.78 is 37.6. The lowest BCUT2D eigenvalue weighted by atomic mass is 10.1. The Hall–Kier alpha value is -1.56. The van der Waals surface area contributed by atoms with Crippen LogP contribution >= 0.6 is 0 Å². The van der Waals surface area contributed by atoms with Gasteiger partial charge >= 0.3 is 6.18 Å². The molecule has 1 fully saturated rings. The molecule has 0 bridgehead atoms. The zero-order valence-corrected chi connectivity index (χ0v) is 12.9. The first-order valence-electron chi connectivity index (χ1n) is 7.46. The van der Waals surface area contributed by atoms with Crippen LogP contribution in [0.4, 0.5) is 13.2 Å². The van der Waals surface area contributed by atoms with E-state index in [-0.39, 0.29) is 5.91 Å². The first-order valence-corrected chi connectivity index (χ1v) is 7.46. The van der Waals surface area contributed by atoms with Gasteiger partial charge in [-0.2, -0.15) is 13.2 Å². The second kappa shape index (κ2) is 6.69. The zero-order chi connectivity index (χ0) is 16.3. The molecule has 122 valence electrons. The van der Waals surface area contributed by atoms with Gasteiger partial charge in [0.25, 0.3) is 5.91 Å². The van der Waals surface area contributed by atoms with Crippen molar-refractivity contribution < 1.29 is 18.0 Å². The van der Waals surface area contributed by atoms with Crippen LogP contribution in [0.15, 0.2) is 24.3 Å². The molecular weight excluding hydrogens is 293 g/mol. The predicted molar refractivity (Wildman–Crippen MR) is 78.6 cm³/mol. The van der Waals surface area contributed by atoms with Crippen LogP contribution in [-0.4, -0.2) is 48.4 Å². The summed E-state index contributed by atoms with van der Waals surface area (Å²) in [6.45, 7) is 8.16. The molecular formula is C16H21F3N2O. The number of rotatable bonds is 3. The average molecular weight is 314 g/mol. The van der Waals surface area contributed by atoms with Crippen LogP contribution in [0, 0.1) is 5.92 Å². The highest BCUT2D eigenvalue weighted by Crippen LogP contribution is 2.29. The van der Waals surface area contributed by atoms with Crippen LogP contribution in [0.1, 0.15) is 29.8 Å². The Bertz CT molecular complexity index is 503.